The monoisotopic (exact) mass is 243 g/mol. The van der Waals surface area contributed by atoms with Crippen molar-refractivity contribution >= 4 is 5.82 Å². The van der Waals surface area contributed by atoms with Crippen molar-refractivity contribution < 1.29 is 0 Å². The van der Waals surface area contributed by atoms with E-state index in [2.05, 4.69) is 15.2 Å². The number of nitrogens with zero attached hydrogens (tertiary/aromatic N) is 4. The molecule has 3 rings (SSSR count). The summed E-state index contributed by atoms with van der Waals surface area (Å²) in [6.45, 7) is 1.88. The molecular formula is C13H17N5. The minimum absolute atomic E-state index is 0.251. The number of benzene rings is 1. The number of para-hydroxylation sites is 1. The Morgan fingerprint density at radius 1 is 1.22 bits per heavy atom. The van der Waals surface area contributed by atoms with Crippen molar-refractivity contribution in [2.45, 2.75) is 18.9 Å². The molecule has 1 aliphatic heterocycles. The van der Waals surface area contributed by atoms with Gasteiger partial charge in [0.25, 0.3) is 0 Å². The van der Waals surface area contributed by atoms with E-state index in [-0.39, 0.29) is 6.04 Å². The van der Waals surface area contributed by atoms with Crippen LogP contribution in [0.3, 0.4) is 0 Å². The molecule has 1 saturated heterocycles. The molecule has 0 saturated carbocycles. The van der Waals surface area contributed by atoms with Gasteiger partial charge in [-0.05, 0) is 25.0 Å². The van der Waals surface area contributed by atoms with Crippen molar-refractivity contribution in [3.63, 3.8) is 0 Å². The zero-order valence-electron chi connectivity index (χ0n) is 10.2. The lowest BCUT2D eigenvalue weighted by Crippen LogP contribution is -2.43. The minimum Gasteiger partial charge on any atom is -0.352 e. The van der Waals surface area contributed by atoms with Gasteiger partial charge in [-0.1, -0.05) is 23.4 Å². The Bertz CT molecular complexity index is 507. The molecule has 2 heterocycles. The van der Waals surface area contributed by atoms with Gasteiger partial charge in [-0.15, -0.1) is 5.10 Å². The number of anilines is 1. The fraction of sp³-hybridized carbons (Fsp3) is 0.385. The first kappa shape index (κ1) is 11.2. The van der Waals surface area contributed by atoms with Gasteiger partial charge in [-0.25, -0.2) is 4.68 Å². The second-order valence-corrected chi connectivity index (χ2v) is 4.71. The van der Waals surface area contributed by atoms with Crippen molar-refractivity contribution in [1.29, 1.82) is 0 Å². The normalized spacial score (nSPS) is 20.1. The topological polar surface area (TPSA) is 60.0 Å². The number of nitrogens with two attached hydrogens (primary N) is 1. The highest BCUT2D eigenvalue weighted by molar-refractivity contribution is 5.39. The standard InChI is InChI=1S/C13H17N5/c14-11-5-4-8-17(9-11)13-10-18(16-15-13)12-6-2-1-3-7-12/h1-3,6-7,10-11H,4-5,8-9,14H2/t11-/m0/s1. The number of piperidine rings is 1. The molecule has 1 aromatic heterocycles. The molecule has 2 aromatic rings. The Kier molecular flexibility index (Phi) is 2.98. The fourth-order valence-corrected chi connectivity index (χ4v) is 2.32. The molecule has 1 aromatic carbocycles. The minimum atomic E-state index is 0.251. The maximum absolute atomic E-state index is 5.98. The van der Waals surface area contributed by atoms with E-state index in [0.29, 0.717) is 0 Å². The van der Waals surface area contributed by atoms with E-state index >= 15 is 0 Å². The second kappa shape index (κ2) is 4.78. The third kappa shape index (κ3) is 2.22. The SMILES string of the molecule is N[C@H]1CCCN(c2cn(-c3ccccc3)nn2)C1. The Morgan fingerprint density at radius 2 is 2.06 bits per heavy atom. The average molecular weight is 243 g/mol. The van der Waals surface area contributed by atoms with Crippen LogP contribution in [0, 0.1) is 0 Å². The quantitative estimate of drug-likeness (QED) is 0.861. The zero-order valence-corrected chi connectivity index (χ0v) is 10.2. The van der Waals surface area contributed by atoms with E-state index in [9.17, 15) is 0 Å². The molecular weight excluding hydrogens is 226 g/mol. The van der Waals surface area contributed by atoms with Gasteiger partial charge in [-0.2, -0.15) is 0 Å². The van der Waals surface area contributed by atoms with Crippen LogP contribution in [0.1, 0.15) is 12.8 Å². The predicted molar refractivity (Wildman–Crippen MR) is 70.8 cm³/mol. The van der Waals surface area contributed by atoms with E-state index in [1.165, 1.54) is 0 Å². The van der Waals surface area contributed by atoms with Crippen molar-refractivity contribution in [2.75, 3.05) is 18.0 Å². The van der Waals surface area contributed by atoms with Crippen LogP contribution < -0.4 is 10.6 Å². The highest BCUT2D eigenvalue weighted by Gasteiger charge is 2.19. The Balaban J connectivity index is 1.81. The first-order valence-electron chi connectivity index (χ1n) is 6.31. The molecule has 18 heavy (non-hydrogen) atoms. The molecule has 94 valence electrons. The van der Waals surface area contributed by atoms with Crippen LogP contribution in [0.15, 0.2) is 36.5 Å². The summed E-state index contributed by atoms with van der Waals surface area (Å²) >= 11 is 0. The summed E-state index contributed by atoms with van der Waals surface area (Å²) < 4.78 is 1.80. The Hall–Kier alpha value is -1.88. The van der Waals surface area contributed by atoms with Gasteiger partial charge in [0.05, 0.1) is 11.9 Å². The summed E-state index contributed by atoms with van der Waals surface area (Å²) in [6.07, 6.45) is 4.19. The molecule has 1 fully saturated rings. The number of hydrogen-bond donors (Lipinski definition) is 1. The summed E-state index contributed by atoms with van der Waals surface area (Å²) in [5.41, 5.74) is 7.01. The van der Waals surface area contributed by atoms with Gasteiger partial charge in [-0.3, -0.25) is 0 Å². The third-order valence-corrected chi connectivity index (χ3v) is 3.28. The van der Waals surface area contributed by atoms with E-state index in [4.69, 9.17) is 5.73 Å². The number of rotatable bonds is 2. The molecule has 0 aliphatic carbocycles. The lowest BCUT2D eigenvalue weighted by Gasteiger charge is -2.30. The van der Waals surface area contributed by atoms with Crippen molar-refractivity contribution in [3.8, 4) is 5.69 Å². The summed E-state index contributed by atoms with van der Waals surface area (Å²) in [6, 6.07) is 10.3. The van der Waals surface area contributed by atoms with Crippen LogP contribution in [-0.4, -0.2) is 34.1 Å². The van der Waals surface area contributed by atoms with E-state index in [0.717, 1.165) is 37.4 Å². The largest absolute Gasteiger partial charge is 0.352 e. The van der Waals surface area contributed by atoms with E-state index in [1.807, 2.05) is 36.5 Å². The average Bonchev–Trinajstić information content (AvgIpc) is 2.89. The molecule has 1 aliphatic rings. The highest BCUT2D eigenvalue weighted by Crippen LogP contribution is 2.17. The lowest BCUT2D eigenvalue weighted by atomic mass is 10.1. The van der Waals surface area contributed by atoms with Crippen LogP contribution in [0.5, 0.6) is 0 Å². The van der Waals surface area contributed by atoms with Gasteiger partial charge < -0.3 is 10.6 Å². The predicted octanol–water partition coefficient (Wildman–Crippen LogP) is 1.19. The Morgan fingerprint density at radius 3 is 2.83 bits per heavy atom. The van der Waals surface area contributed by atoms with Crippen molar-refractivity contribution in [3.05, 3.63) is 36.5 Å². The van der Waals surface area contributed by atoms with Crippen LogP contribution in [0.4, 0.5) is 5.82 Å². The summed E-state index contributed by atoms with van der Waals surface area (Å²) in [5, 5.41) is 8.40. The highest BCUT2D eigenvalue weighted by atomic mass is 15.5. The smallest absolute Gasteiger partial charge is 0.171 e. The van der Waals surface area contributed by atoms with Crippen LogP contribution in [0.25, 0.3) is 5.69 Å². The third-order valence-electron chi connectivity index (χ3n) is 3.28. The number of aromatic nitrogens is 3. The van der Waals surface area contributed by atoms with Crippen LogP contribution in [0.2, 0.25) is 0 Å². The van der Waals surface area contributed by atoms with Crippen molar-refractivity contribution in [2.24, 2.45) is 5.73 Å². The molecule has 5 nitrogen and oxygen atoms in total. The maximum atomic E-state index is 5.98. The van der Waals surface area contributed by atoms with Gasteiger partial charge in [0.15, 0.2) is 5.82 Å². The zero-order chi connectivity index (χ0) is 12.4. The van der Waals surface area contributed by atoms with Gasteiger partial charge in [0.2, 0.25) is 0 Å². The number of hydrogen-bond acceptors (Lipinski definition) is 4. The molecule has 0 unspecified atom stereocenters. The molecule has 0 spiro atoms. The van der Waals surface area contributed by atoms with E-state index in [1.54, 1.807) is 4.68 Å². The second-order valence-electron chi connectivity index (χ2n) is 4.71. The molecule has 1 atom stereocenters. The molecule has 2 N–H and O–H groups in total. The van der Waals surface area contributed by atoms with Crippen LogP contribution in [-0.2, 0) is 0 Å². The molecule has 0 bridgehead atoms. The van der Waals surface area contributed by atoms with Gasteiger partial charge in [0.1, 0.15) is 0 Å². The molecule has 0 radical (unpaired) electrons. The summed E-state index contributed by atoms with van der Waals surface area (Å²) in [5.74, 6) is 0.911. The van der Waals surface area contributed by atoms with Gasteiger partial charge in [0, 0.05) is 19.1 Å². The Labute approximate surface area is 106 Å². The summed E-state index contributed by atoms with van der Waals surface area (Å²) in [4.78, 5) is 2.21. The van der Waals surface area contributed by atoms with Crippen LogP contribution >= 0.6 is 0 Å². The molecule has 0 amide bonds. The first-order valence-corrected chi connectivity index (χ1v) is 6.31. The fourth-order valence-electron chi connectivity index (χ4n) is 2.32. The van der Waals surface area contributed by atoms with Crippen molar-refractivity contribution in [1.82, 2.24) is 15.0 Å². The van der Waals surface area contributed by atoms with E-state index < -0.39 is 0 Å². The maximum Gasteiger partial charge on any atom is 0.171 e. The first-order chi connectivity index (χ1) is 8.83. The summed E-state index contributed by atoms with van der Waals surface area (Å²) in [7, 11) is 0. The van der Waals surface area contributed by atoms with Gasteiger partial charge >= 0.3 is 0 Å². The lowest BCUT2D eigenvalue weighted by molar-refractivity contribution is 0.503. The molecule has 5 heteroatoms.